The molecule has 1 rings (SSSR count). The van der Waals surface area contributed by atoms with Crippen molar-refractivity contribution in [3.8, 4) is 0 Å². The molecule has 1 saturated heterocycles. The van der Waals surface area contributed by atoms with Gasteiger partial charge in [0.1, 0.15) is 5.78 Å². The number of rotatable bonds is 4. The number of Topliss-reactive ketones (excluding diaryl/α,β-unsaturated/α-hetero) is 1. The van der Waals surface area contributed by atoms with Gasteiger partial charge >= 0.3 is 0 Å². The number of hydrogen-bond acceptors (Lipinski definition) is 3. The number of carbonyl (C=O) groups is 1. The zero-order valence-electron chi connectivity index (χ0n) is 9.62. The first-order chi connectivity index (χ1) is 6.67. The van der Waals surface area contributed by atoms with Gasteiger partial charge in [0.2, 0.25) is 0 Å². The predicted octanol–water partition coefficient (Wildman–Crippen LogP) is 0.991. The second-order valence-corrected chi connectivity index (χ2v) is 4.17. The highest BCUT2D eigenvalue weighted by Crippen LogP contribution is 2.10. The van der Waals surface area contributed by atoms with Gasteiger partial charge in [-0.15, -0.1) is 0 Å². The lowest BCUT2D eigenvalue weighted by Crippen LogP contribution is -2.52. The van der Waals surface area contributed by atoms with Gasteiger partial charge in [0.15, 0.2) is 0 Å². The summed E-state index contributed by atoms with van der Waals surface area (Å²) >= 11 is 0. The Kier molecular flexibility index (Phi) is 4.55. The Morgan fingerprint density at radius 1 is 1.36 bits per heavy atom. The van der Waals surface area contributed by atoms with E-state index in [-0.39, 0.29) is 0 Å². The third-order valence-electron chi connectivity index (χ3n) is 3.13. The van der Waals surface area contributed by atoms with Crippen molar-refractivity contribution in [3.05, 3.63) is 0 Å². The number of nitrogens with zero attached hydrogens (tertiary/aromatic N) is 2. The van der Waals surface area contributed by atoms with E-state index in [0.717, 1.165) is 19.6 Å². The highest BCUT2D eigenvalue weighted by molar-refractivity contribution is 5.80. The van der Waals surface area contributed by atoms with Gasteiger partial charge < -0.3 is 4.90 Å². The van der Waals surface area contributed by atoms with Gasteiger partial charge in [0.05, 0.1) is 6.54 Å². The van der Waals surface area contributed by atoms with Crippen LogP contribution >= 0.6 is 0 Å². The third kappa shape index (κ3) is 3.07. The molecule has 0 aromatic carbocycles. The van der Waals surface area contributed by atoms with Gasteiger partial charge in [-0.05, 0) is 13.5 Å². The van der Waals surface area contributed by atoms with Crippen molar-refractivity contribution < 1.29 is 4.79 Å². The lowest BCUT2D eigenvalue weighted by molar-refractivity contribution is -0.120. The van der Waals surface area contributed by atoms with Crippen LogP contribution in [-0.4, -0.2) is 54.9 Å². The first-order valence-corrected chi connectivity index (χ1v) is 5.61. The van der Waals surface area contributed by atoms with E-state index >= 15 is 0 Å². The quantitative estimate of drug-likeness (QED) is 0.673. The van der Waals surface area contributed by atoms with E-state index in [2.05, 4.69) is 23.8 Å². The molecule has 0 N–H and O–H groups in total. The van der Waals surface area contributed by atoms with E-state index in [1.54, 1.807) is 0 Å². The van der Waals surface area contributed by atoms with Crippen LogP contribution < -0.4 is 0 Å². The van der Waals surface area contributed by atoms with Crippen LogP contribution in [0, 0.1) is 0 Å². The molecule has 82 valence electrons. The zero-order chi connectivity index (χ0) is 10.6. The van der Waals surface area contributed by atoms with Gasteiger partial charge in [-0.1, -0.05) is 13.8 Å². The lowest BCUT2D eigenvalue weighted by Gasteiger charge is -2.38. The molecule has 1 aliphatic heterocycles. The molecule has 1 fully saturated rings. The smallest absolute Gasteiger partial charge is 0.146 e. The maximum absolute atomic E-state index is 11.3. The highest BCUT2D eigenvalue weighted by Gasteiger charge is 2.23. The molecule has 1 heterocycles. The first kappa shape index (κ1) is 11.7. The molecule has 3 nitrogen and oxygen atoms in total. The monoisotopic (exact) mass is 198 g/mol. The lowest BCUT2D eigenvalue weighted by atomic mass is 10.1. The molecular formula is C11H22N2O. The largest absolute Gasteiger partial charge is 0.301 e. The fourth-order valence-corrected chi connectivity index (χ4v) is 1.96. The zero-order valence-corrected chi connectivity index (χ0v) is 9.62. The summed E-state index contributed by atoms with van der Waals surface area (Å²) in [5.74, 6) is 0.365. The van der Waals surface area contributed by atoms with E-state index in [1.165, 1.54) is 6.42 Å². The summed E-state index contributed by atoms with van der Waals surface area (Å²) < 4.78 is 0. The van der Waals surface area contributed by atoms with E-state index in [9.17, 15) is 4.79 Å². The van der Waals surface area contributed by atoms with Crippen LogP contribution in [0.4, 0.5) is 0 Å². The summed E-state index contributed by atoms with van der Waals surface area (Å²) in [6.07, 6.45) is 1.84. The second kappa shape index (κ2) is 5.47. The number of hydrogen-bond donors (Lipinski definition) is 0. The van der Waals surface area contributed by atoms with Crippen LogP contribution in [0.3, 0.4) is 0 Å². The van der Waals surface area contributed by atoms with Gasteiger partial charge in [-0.2, -0.15) is 0 Å². The number of carbonyl (C=O) groups excluding carboxylic acids is 1. The summed E-state index contributed by atoms with van der Waals surface area (Å²) in [4.78, 5) is 16.0. The minimum absolute atomic E-state index is 0.365. The Balaban J connectivity index is 2.38. The maximum Gasteiger partial charge on any atom is 0.146 e. The average Bonchev–Trinajstić information content (AvgIpc) is 2.20. The van der Waals surface area contributed by atoms with Crippen molar-refractivity contribution in [2.75, 3.05) is 33.2 Å². The molecule has 0 saturated carbocycles. The van der Waals surface area contributed by atoms with Crippen LogP contribution in [0.2, 0.25) is 0 Å². The summed E-state index contributed by atoms with van der Waals surface area (Å²) in [5.41, 5.74) is 0. The molecule has 0 radical (unpaired) electrons. The van der Waals surface area contributed by atoms with E-state index in [1.807, 2.05) is 6.92 Å². The molecule has 0 aromatic heterocycles. The molecule has 14 heavy (non-hydrogen) atoms. The average molecular weight is 198 g/mol. The van der Waals surface area contributed by atoms with E-state index < -0.39 is 0 Å². The molecule has 0 bridgehead atoms. The van der Waals surface area contributed by atoms with Crippen LogP contribution in [0.25, 0.3) is 0 Å². The molecule has 0 aliphatic carbocycles. The van der Waals surface area contributed by atoms with Gasteiger partial charge in [0, 0.05) is 32.1 Å². The summed E-state index contributed by atoms with van der Waals surface area (Å²) in [5, 5.41) is 0. The molecule has 0 aromatic rings. The number of piperazine rings is 1. The third-order valence-corrected chi connectivity index (χ3v) is 3.13. The Labute approximate surface area is 87.1 Å². The number of likely N-dealkylation sites (N-methyl/N-ethyl adjacent to an activating group) is 1. The highest BCUT2D eigenvalue weighted by atomic mass is 16.1. The number of ketones is 1. The van der Waals surface area contributed by atoms with Gasteiger partial charge in [0.25, 0.3) is 0 Å². The fourth-order valence-electron chi connectivity index (χ4n) is 1.96. The topological polar surface area (TPSA) is 23.6 Å². The summed E-state index contributed by atoms with van der Waals surface area (Å²) in [6.45, 7) is 8.00. The SMILES string of the molecule is CCC(=O)CN1CCN(C)C(CC)C1. The van der Waals surface area contributed by atoms with Crippen molar-refractivity contribution in [3.63, 3.8) is 0 Å². The summed E-state index contributed by atoms with van der Waals surface area (Å²) in [7, 11) is 2.17. The second-order valence-electron chi connectivity index (χ2n) is 4.17. The van der Waals surface area contributed by atoms with Gasteiger partial charge in [-0.3, -0.25) is 9.69 Å². The van der Waals surface area contributed by atoms with E-state index in [4.69, 9.17) is 0 Å². The minimum atomic E-state index is 0.365. The van der Waals surface area contributed by atoms with Crippen molar-refractivity contribution in [1.82, 2.24) is 9.80 Å². The Bertz CT molecular complexity index is 194. The standard InChI is InChI=1S/C11H22N2O/c1-4-10-8-13(7-6-12(10)3)9-11(14)5-2/h10H,4-9H2,1-3H3. The van der Waals surface area contributed by atoms with Crippen LogP contribution in [-0.2, 0) is 4.79 Å². The normalized spacial score (nSPS) is 25.2. The Morgan fingerprint density at radius 3 is 2.64 bits per heavy atom. The van der Waals surface area contributed by atoms with Crippen LogP contribution in [0.1, 0.15) is 26.7 Å². The van der Waals surface area contributed by atoms with Crippen molar-refractivity contribution >= 4 is 5.78 Å². The molecule has 3 heteroatoms. The molecule has 1 atom stereocenters. The molecule has 0 amide bonds. The van der Waals surface area contributed by atoms with Crippen LogP contribution in [0.5, 0.6) is 0 Å². The fraction of sp³-hybridized carbons (Fsp3) is 0.909. The van der Waals surface area contributed by atoms with Crippen molar-refractivity contribution in [2.45, 2.75) is 32.7 Å². The van der Waals surface area contributed by atoms with Crippen molar-refractivity contribution in [1.29, 1.82) is 0 Å². The van der Waals surface area contributed by atoms with Crippen LogP contribution in [0.15, 0.2) is 0 Å². The van der Waals surface area contributed by atoms with E-state index in [0.29, 0.717) is 24.8 Å². The predicted molar refractivity (Wildman–Crippen MR) is 58.4 cm³/mol. The molecule has 0 spiro atoms. The maximum atomic E-state index is 11.3. The summed E-state index contributed by atoms with van der Waals surface area (Å²) in [6, 6.07) is 0.633. The Hall–Kier alpha value is -0.410. The molecule has 1 unspecified atom stereocenters. The molecular weight excluding hydrogens is 176 g/mol. The first-order valence-electron chi connectivity index (χ1n) is 5.61. The van der Waals surface area contributed by atoms with Gasteiger partial charge in [-0.25, -0.2) is 0 Å². The van der Waals surface area contributed by atoms with Crippen molar-refractivity contribution in [2.24, 2.45) is 0 Å². The molecule has 1 aliphatic rings. The Morgan fingerprint density at radius 2 is 2.07 bits per heavy atom. The minimum Gasteiger partial charge on any atom is -0.301 e.